The second kappa shape index (κ2) is 7.30. The molecule has 0 bridgehead atoms. The molecule has 7 heteroatoms. The van der Waals surface area contributed by atoms with Crippen LogP contribution in [0.4, 0.5) is 4.79 Å². The van der Waals surface area contributed by atoms with Crippen molar-refractivity contribution in [2.45, 2.75) is 25.7 Å². The molecule has 0 atom stereocenters. The van der Waals surface area contributed by atoms with Crippen molar-refractivity contribution < 1.29 is 24.9 Å². The monoisotopic (exact) mass is 274 g/mol. The summed E-state index contributed by atoms with van der Waals surface area (Å²) in [5.41, 5.74) is -0.861. The molecule has 0 heterocycles. The van der Waals surface area contributed by atoms with Gasteiger partial charge in [0.1, 0.15) is 0 Å². The number of amides is 2. The highest BCUT2D eigenvalue weighted by Crippen LogP contribution is 2.37. The van der Waals surface area contributed by atoms with E-state index in [1.54, 1.807) is 0 Å². The second-order valence-electron chi connectivity index (χ2n) is 4.89. The van der Waals surface area contributed by atoms with E-state index in [2.05, 4.69) is 5.32 Å². The summed E-state index contributed by atoms with van der Waals surface area (Å²) in [5, 5.41) is 29.5. The third-order valence-electron chi connectivity index (χ3n) is 3.62. The summed E-state index contributed by atoms with van der Waals surface area (Å²) < 4.78 is 0. The minimum absolute atomic E-state index is 0.0918. The molecule has 1 rings (SSSR count). The SMILES string of the molecule is O=C(NCC1(C(=O)O)CCCC1)N(CCO)CCO. The molecule has 19 heavy (non-hydrogen) atoms. The summed E-state index contributed by atoms with van der Waals surface area (Å²) in [6, 6.07) is -0.448. The summed E-state index contributed by atoms with van der Waals surface area (Å²) in [5.74, 6) is -0.874. The van der Waals surface area contributed by atoms with Crippen LogP contribution in [0.2, 0.25) is 0 Å². The Labute approximate surface area is 112 Å². The van der Waals surface area contributed by atoms with Crippen LogP contribution in [0, 0.1) is 5.41 Å². The minimum Gasteiger partial charge on any atom is -0.481 e. The third-order valence-corrected chi connectivity index (χ3v) is 3.62. The Bertz CT molecular complexity index is 309. The van der Waals surface area contributed by atoms with Crippen molar-refractivity contribution in [3.63, 3.8) is 0 Å². The van der Waals surface area contributed by atoms with Gasteiger partial charge in [-0.05, 0) is 12.8 Å². The van der Waals surface area contributed by atoms with Crippen LogP contribution in [0.15, 0.2) is 0 Å². The molecule has 1 fully saturated rings. The summed E-state index contributed by atoms with van der Waals surface area (Å²) in [4.78, 5) is 24.4. The lowest BCUT2D eigenvalue weighted by atomic mass is 9.86. The molecule has 0 spiro atoms. The number of aliphatic carboxylic acids is 1. The number of nitrogens with zero attached hydrogens (tertiary/aromatic N) is 1. The normalized spacial score (nSPS) is 17.2. The predicted octanol–water partition coefficient (Wildman–Crippen LogP) is -0.372. The zero-order valence-corrected chi connectivity index (χ0v) is 11.0. The second-order valence-corrected chi connectivity index (χ2v) is 4.89. The van der Waals surface area contributed by atoms with Gasteiger partial charge in [-0.3, -0.25) is 4.79 Å². The van der Waals surface area contributed by atoms with Crippen LogP contribution in [0.1, 0.15) is 25.7 Å². The van der Waals surface area contributed by atoms with Gasteiger partial charge in [-0.1, -0.05) is 12.8 Å². The number of carboxylic acid groups (broad SMARTS) is 1. The van der Waals surface area contributed by atoms with E-state index in [9.17, 15) is 14.7 Å². The number of hydrogen-bond donors (Lipinski definition) is 4. The maximum Gasteiger partial charge on any atom is 0.317 e. The Kier molecular flexibility index (Phi) is 6.04. The fraction of sp³-hybridized carbons (Fsp3) is 0.833. The minimum atomic E-state index is -0.874. The lowest BCUT2D eigenvalue weighted by Crippen LogP contribution is -2.48. The number of carboxylic acids is 1. The molecule has 4 N–H and O–H groups in total. The molecule has 110 valence electrons. The smallest absolute Gasteiger partial charge is 0.317 e. The van der Waals surface area contributed by atoms with Crippen molar-refractivity contribution in [2.24, 2.45) is 5.41 Å². The zero-order chi connectivity index (χ0) is 14.3. The van der Waals surface area contributed by atoms with Crippen molar-refractivity contribution in [1.82, 2.24) is 10.2 Å². The van der Waals surface area contributed by atoms with Crippen molar-refractivity contribution >= 4 is 12.0 Å². The molecule has 1 aliphatic carbocycles. The largest absolute Gasteiger partial charge is 0.481 e. The van der Waals surface area contributed by atoms with Gasteiger partial charge in [-0.25, -0.2) is 4.79 Å². The number of nitrogens with one attached hydrogen (secondary N) is 1. The van der Waals surface area contributed by atoms with Crippen molar-refractivity contribution in [3.05, 3.63) is 0 Å². The van der Waals surface area contributed by atoms with Crippen LogP contribution in [-0.2, 0) is 4.79 Å². The number of rotatable bonds is 7. The highest BCUT2D eigenvalue weighted by Gasteiger charge is 2.41. The Morgan fingerprint density at radius 3 is 2.05 bits per heavy atom. The summed E-state index contributed by atoms with van der Waals surface area (Å²) in [6.07, 6.45) is 2.86. The summed E-state index contributed by atoms with van der Waals surface area (Å²) in [7, 11) is 0. The van der Waals surface area contributed by atoms with Crippen LogP contribution < -0.4 is 5.32 Å². The number of aliphatic hydroxyl groups excluding tert-OH is 2. The molecule has 0 aromatic heterocycles. The Balaban J connectivity index is 2.53. The standard InChI is InChI=1S/C12H22N2O5/c15-7-5-14(6-8-16)11(19)13-9-12(10(17)18)3-1-2-4-12/h15-16H,1-9H2,(H,13,19)(H,17,18). The van der Waals surface area contributed by atoms with Gasteiger partial charge >= 0.3 is 12.0 Å². The number of carbonyl (C=O) groups is 2. The number of aliphatic hydroxyl groups is 2. The van der Waals surface area contributed by atoms with Gasteiger partial charge in [-0.15, -0.1) is 0 Å². The molecule has 2 amide bonds. The molecular weight excluding hydrogens is 252 g/mol. The van der Waals surface area contributed by atoms with Gasteiger partial charge in [-0.2, -0.15) is 0 Å². The molecule has 0 aromatic carbocycles. The Hall–Kier alpha value is -1.34. The highest BCUT2D eigenvalue weighted by atomic mass is 16.4. The van der Waals surface area contributed by atoms with Crippen LogP contribution in [-0.4, -0.2) is 65.1 Å². The first kappa shape index (κ1) is 15.7. The van der Waals surface area contributed by atoms with E-state index in [-0.39, 0.29) is 32.8 Å². The molecule has 7 nitrogen and oxygen atoms in total. The number of urea groups is 1. The fourth-order valence-corrected chi connectivity index (χ4v) is 2.43. The first-order valence-electron chi connectivity index (χ1n) is 6.53. The molecule has 1 aliphatic rings. The van der Waals surface area contributed by atoms with Gasteiger partial charge in [0.05, 0.1) is 18.6 Å². The van der Waals surface area contributed by atoms with E-state index >= 15 is 0 Å². The lowest BCUT2D eigenvalue weighted by Gasteiger charge is -2.27. The Morgan fingerprint density at radius 2 is 1.63 bits per heavy atom. The molecule has 1 saturated carbocycles. The Morgan fingerprint density at radius 1 is 1.11 bits per heavy atom. The molecule has 0 aromatic rings. The number of hydrogen-bond acceptors (Lipinski definition) is 4. The molecular formula is C12H22N2O5. The van der Waals surface area contributed by atoms with Crippen molar-refractivity contribution in [1.29, 1.82) is 0 Å². The predicted molar refractivity (Wildman–Crippen MR) is 67.7 cm³/mol. The van der Waals surface area contributed by atoms with Gasteiger partial charge in [0.25, 0.3) is 0 Å². The van der Waals surface area contributed by atoms with E-state index < -0.39 is 17.4 Å². The van der Waals surface area contributed by atoms with Gasteiger partial charge in [0.15, 0.2) is 0 Å². The molecule has 0 aliphatic heterocycles. The van der Waals surface area contributed by atoms with E-state index in [4.69, 9.17) is 10.2 Å². The number of carbonyl (C=O) groups excluding carboxylic acids is 1. The zero-order valence-electron chi connectivity index (χ0n) is 11.0. The maximum atomic E-state index is 11.8. The maximum absolute atomic E-state index is 11.8. The highest BCUT2D eigenvalue weighted by molar-refractivity contribution is 5.78. The van der Waals surface area contributed by atoms with Gasteiger partial charge in [0, 0.05) is 19.6 Å². The molecule has 0 unspecified atom stereocenters. The van der Waals surface area contributed by atoms with Gasteiger partial charge in [0.2, 0.25) is 0 Å². The molecule has 0 radical (unpaired) electrons. The van der Waals surface area contributed by atoms with Crippen molar-refractivity contribution in [3.8, 4) is 0 Å². The lowest BCUT2D eigenvalue weighted by molar-refractivity contribution is -0.148. The first-order chi connectivity index (χ1) is 9.05. The van der Waals surface area contributed by atoms with Crippen LogP contribution in [0.25, 0.3) is 0 Å². The fourth-order valence-electron chi connectivity index (χ4n) is 2.43. The summed E-state index contributed by atoms with van der Waals surface area (Å²) in [6.45, 7) is -0.0670. The van der Waals surface area contributed by atoms with Crippen molar-refractivity contribution in [2.75, 3.05) is 32.8 Å². The van der Waals surface area contributed by atoms with Crippen LogP contribution in [0.5, 0.6) is 0 Å². The van der Waals surface area contributed by atoms with Crippen LogP contribution >= 0.6 is 0 Å². The van der Waals surface area contributed by atoms with Crippen LogP contribution in [0.3, 0.4) is 0 Å². The van der Waals surface area contributed by atoms with E-state index in [1.165, 1.54) is 4.90 Å². The molecule has 0 saturated heterocycles. The van der Waals surface area contributed by atoms with E-state index in [0.29, 0.717) is 12.8 Å². The average Bonchev–Trinajstić information content (AvgIpc) is 2.86. The third kappa shape index (κ3) is 4.07. The van der Waals surface area contributed by atoms with E-state index in [1.807, 2.05) is 0 Å². The van der Waals surface area contributed by atoms with E-state index in [0.717, 1.165) is 12.8 Å². The summed E-state index contributed by atoms with van der Waals surface area (Å²) >= 11 is 0. The first-order valence-corrected chi connectivity index (χ1v) is 6.53. The quantitative estimate of drug-likeness (QED) is 0.506. The van der Waals surface area contributed by atoms with Gasteiger partial charge < -0.3 is 25.5 Å². The average molecular weight is 274 g/mol. The topological polar surface area (TPSA) is 110 Å².